The predicted molar refractivity (Wildman–Crippen MR) is 67.0 cm³/mol. The minimum Gasteiger partial charge on any atom is -0.345 e. The molecule has 2 rings (SSSR count). The van der Waals surface area contributed by atoms with Crippen LogP contribution in [-0.4, -0.2) is 40.5 Å². The highest BCUT2D eigenvalue weighted by atomic mass is 16.2. The van der Waals surface area contributed by atoms with Crippen LogP contribution in [0.4, 0.5) is 5.82 Å². The van der Waals surface area contributed by atoms with Crippen LogP contribution in [0.5, 0.6) is 0 Å². The van der Waals surface area contributed by atoms with Gasteiger partial charge in [0.15, 0.2) is 5.82 Å². The van der Waals surface area contributed by atoms with Crippen molar-refractivity contribution in [2.75, 3.05) is 18.9 Å². The van der Waals surface area contributed by atoms with Crippen LogP contribution >= 0.6 is 0 Å². The largest absolute Gasteiger partial charge is 0.345 e. The third-order valence-corrected chi connectivity index (χ3v) is 3.11. The summed E-state index contributed by atoms with van der Waals surface area (Å²) in [6.45, 7) is 2.57. The molecular formula is C12H18N4O2. The fourth-order valence-electron chi connectivity index (χ4n) is 2.09. The first-order valence-corrected chi connectivity index (χ1v) is 6.19. The number of anilines is 1. The number of nitrogens with one attached hydrogen (secondary N) is 2. The van der Waals surface area contributed by atoms with E-state index in [0.29, 0.717) is 12.4 Å². The van der Waals surface area contributed by atoms with Gasteiger partial charge in [0.25, 0.3) is 0 Å². The summed E-state index contributed by atoms with van der Waals surface area (Å²) in [6.07, 6.45) is 2.22. The lowest BCUT2D eigenvalue weighted by atomic mass is 10.1. The Morgan fingerprint density at radius 2 is 2.44 bits per heavy atom. The lowest BCUT2D eigenvalue weighted by Crippen LogP contribution is -2.25. The Kier molecular flexibility index (Phi) is 3.64. The second-order valence-corrected chi connectivity index (χ2v) is 4.69. The maximum atomic E-state index is 11.9. The van der Waals surface area contributed by atoms with Gasteiger partial charge >= 0.3 is 0 Å². The molecule has 0 saturated carbocycles. The average Bonchev–Trinajstić information content (AvgIpc) is 2.88. The molecule has 1 unspecified atom stereocenters. The maximum absolute atomic E-state index is 11.9. The molecule has 1 aliphatic heterocycles. The van der Waals surface area contributed by atoms with Gasteiger partial charge in [0.1, 0.15) is 0 Å². The van der Waals surface area contributed by atoms with Crippen LogP contribution in [0.1, 0.15) is 25.5 Å². The fourth-order valence-corrected chi connectivity index (χ4v) is 2.09. The summed E-state index contributed by atoms with van der Waals surface area (Å²) in [7, 11) is 1.71. The Balaban J connectivity index is 1.92. The van der Waals surface area contributed by atoms with Crippen LogP contribution in [-0.2, 0) is 16.0 Å². The van der Waals surface area contributed by atoms with Crippen LogP contribution in [0.2, 0.25) is 0 Å². The second kappa shape index (κ2) is 5.20. The van der Waals surface area contributed by atoms with Crippen molar-refractivity contribution in [3.8, 4) is 0 Å². The molecule has 2 N–H and O–H groups in total. The Hall–Kier alpha value is -1.85. The van der Waals surface area contributed by atoms with Crippen LogP contribution < -0.4 is 5.32 Å². The lowest BCUT2D eigenvalue weighted by Gasteiger charge is -2.09. The molecule has 1 saturated heterocycles. The zero-order valence-corrected chi connectivity index (χ0v) is 10.7. The lowest BCUT2D eigenvalue weighted by molar-refractivity contribution is -0.127. The van der Waals surface area contributed by atoms with E-state index in [2.05, 4.69) is 22.4 Å². The van der Waals surface area contributed by atoms with E-state index in [0.717, 1.165) is 18.5 Å². The van der Waals surface area contributed by atoms with Crippen molar-refractivity contribution >= 4 is 17.6 Å². The number of aromatic nitrogens is 2. The van der Waals surface area contributed by atoms with Crippen molar-refractivity contribution in [3.63, 3.8) is 0 Å². The van der Waals surface area contributed by atoms with Gasteiger partial charge in [0, 0.05) is 31.8 Å². The van der Waals surface area contributed by atoms with Crippen LogP contribution in [0.25, 0.3) is 0 Å². The number of hydrogen-bond acceptors (Lipinski definition) is 3. The summed E-state index contributed by atoms with van der Waals surface area (Å²) in [5.74, 6) is 0.144. The van der Waals surface area contributed by atoms with Crippen molar-refractivity contribution in [3.05, 3.63) is 11.8 Å². The molecule has 0 aromatic carbocycles. The van der Waals surface area contributed by atoms with Crippen molar-refractivity contribution < 1.29 is 9.59 Å². The first-order valence-electron chi connectivity index (χ1n) is 6.19. The molecule has 18 heavy (non-hydrogen) atoms. The number of likely N-dealkylation sites (tertiary alicyclic amines) is 1. The molecule has 0 spiro atoms. The Labute approximate surface area is 106 Å². The molecule has 6 heteroatoms. The summed E-state index contributed by atoms with van der Waals surface area (Å²) >= 11 is 0. The van der Waals surface area contributed by atoms with E-state index in [1.807, 2.05) is 6.07 Å². The van der Waals surface area contributed by atoms with Crippen molar-refractivity contribution in [2.45, 2.75) is 26.2 Å². The normalized spacial score (nSPS) is 19.3. The third-order valence-electron chi connectivity index (χ3n) is 3.11. The average molecular weight is 250 g/mol. The molecule has 1 fully saturated rings. The zero-order chi connectivity index (χ0) is 13.1. The number of carbonyl (C=O) groups is 2. The van der Waals surface area contributed by atoms with Gasteiger partial charge in [0.05, 0.1) is 5.92 Å². The number of hydrogen-bond donors (Lipinski definition) is 2. The summed E-state index contributed by atoms with van der Waals surface area (Å²) in [5, 5.41) is 9.65. The highest BCUT2D eigenvalue weighted by Gasteiger charge is 2.32. The van der Waals surface area contributed by atoms with E-state index < -0.39 is 0 Å². The van der Waals surface area contributed by atoms with E-state index in [9.17, 15) is 9.59 Å². The van der Waals surface area contributed by atoms with Crippen LogP contribution in [0.3, 0.4) is 0 Å². The molecule has 98 valence electrons. The van der Waals surface area contributed by atoms with Gasteiger partial charge in [-0.2, -0.15) is 5.10 Å². The second-order valence-electron chi connectivity index (χ2n) is 4.69. The molecule has 0 bridgehead atoms. The zero-order valence-electron chi connectivity index (χ0n) is 10.7. The Morgan fingerprint density at radius 1 is 1.67 bits per heavy atom. The molecule has 1 atom stereocenters. The maximum Gasteiger partial charge on any atom is 0.230 e. The van der Waals surface area contributed by atoms with E-state index in [1.54, 1.807) is 11.9 Å². The number of nitrogens with zero attached hydrogens (tertiary/aromatic N) is 2. The highest BCUT2D eigenvalue weighted by molar-refractivity contribution is 5.96. The molecule has 6 nitrogen and oxygen atoms in total. The molecule has 2 amide bonds. The molecule has 1 aromatic rings. The van der Waals surface area contributed by atoms with Gasteiger partial charge in [-0.15, -0.1) is 0 Å². The number of rotatable bonds is 4. The first-order chi connectivity index (χ1) is 8.60. The number of H-pyrrole nitrogens is 1. The summed E-state index contributed by atoms with van der Waals surface area (Å²) in [6, 6.07) is 1.84. The third kappa shape index (κ3) is 2.69. The van der Waals surface area contributed by atoms with Crippen molar-refractivity contribution in [2.24, 2.45) is 5.92 Å². The van der Waals surface area contributed by atoms with Crippen molar-refractivity contribution in [1.82, 2.24) is 15.1 Å². The van der Waals surface area contributed by atoms with E-state index in [1.165, 1.54) is 0 Å². The van der Waals surface area contributed by atoms with E-state index in [-0.39, 0.29) is 24.2 Å². The molecule has 2 heterocycles. The van der Waals surface area contributed by atoms with Crippen LogP contribution in [0.15, 0.2) is 6.07 Å². The SMILES string of the molecule is CCCc1cc(NC(=O)C2CC(=O)N(C)C2)n[nH]1. The molecule has 1 aliphatic rings. The van der Waals surface area contributed by atoms with Crippen LogP contribution in [0, 0.1) is 5.92 Å². The minimum atomic E-state index is -0.270. The monoisotopic (exact) mass is 250 g/mol. The highest BCUT2D eigenvalue weighted by Crippen LogP contribution is 2.18. The van der Waals surface area contributed by atoms with Gasteiger partial charge in [-0.25, -0.2) is 0 Å². The quantitative estimate of drug-likeness (QED) is 0.829. The van der Waals surface area contributed by atoms with E-state index >= 15 is 0 Å². The topological polar surface area (TPSA) is 78.1 Å². The molecule has 0 radical (unpaired) electrons. The van der Waals surface area contributed by atoms with Gasteiger partial charge < -0.3 is 10.2 Å². The predicted octanol–water partition coefficient (Wildman–Crippen LogP) is 0.779. The van der Waals surface area contributed by atoms with Gasteiger partial charge in [0.2, 0.25) is 11.8 Å². The van der Waals surface area contributed by atoms with Gasteiger partial charge in [-0.05, 0) is 6.42 Å². The van der Waals surface area contributed by atoms with Gasteiger partial charge in [-0.3, -0.25) is 14.7 Å². The van der Waals surface area contributed by atoms with Crippen molar-refractivity contribution in [1.29, 1.82) is 0 Å². The molecular weight excluding hydrogens is 232 g/mol. The summed E-state index contributed by atoms with van der Waals surface area (Å²) in [4.78, 5) is 24.9. The first kappa shape index (κ1) is 12.6. The Morgan fingerprint density at radius 3 is 3.06 bits per heavy atom. The smallest absolute Gasteiger partial charge is 0.230 e. The summed E-state index contributed by atoms with van der Waals surface area (Å²) in [5.41, 5.74) is 1.01. The minimum absolute atomic E-state index is 0.0175. The standard InChI is InChI=1S/C12H18N4O2/c1-3-4-9-6-10(15-14-9)13-12(18)8-5-11(17)16(2)7-8/h6,8H,3-5,7H2,1-2H3,(H2,13,14,15,18). The number of aromatic amines is 1. The molecule has 0 aliphatic carbocycles. The number of aryl methyl sites for hydroxylation is 1. The van der Waals surface area contributed by atoms with Gasteiger partial charge in [-0.1, -0.05) is 13.3 Å². The fraction of sp³-hybridized carbons (Fsp3) is 0.583. The summed E-state index contributed by atoms with van der Waals surface area (Å²) < 4.78 is 0. The Bertz CT molecular complexity index is 455. The number of amides is 2. The number of carbonyl (C=O) groups excluding carboxylic acids is 2. The van der Waals surface area contributed by atoms with E-state index in [4.69, 9.17) is 0 Å². The molecule has 1 aromatic heterocycles.